The summed E-state index contributed by atoms with van der Waals surface area (Å²) in [6, 6.07) is 10.8. The lowest BCUT2D eigenvalue weighted by molar-refractivity contribution is -0.122. The van der Waals surface area contributed by atoms with Gasteiger partial charge in [-0.2, -0.15) is 0 Å². The number of halogens is 2. The Morgan fingerprint density at radius 3 is 2.29 bits per heavy atom. The van der Waals surface area contributed by atoms with Crippen molar-refractivity contribution in [3.05, 3.63) is 82.9 Å². The maximum Gasteiger partial charge on any atom is 0.335 e. The number of ether oxygens (including phenoxy) is 1. The van der Waals surface area contributed by atoms with Gasteiger partial charge in [-0.25, -0.2) is 18.4 Å². The Morgan fingerprint density at radius 2 is 1.65 bits per heavy atom. The van der Waals surface area contributed by atoms with E-state index >= 15 is 0 Å². The number of imide groups is 1. The first-order chi connectivity index (χ1) is 14.8. The summed E-state index contributed by atoms with van der Waals surface area (Å²) in [5.74, 6) is -3.26. The predicted octanol–water partition coefficient (Wildman–Crippen LogP) is 3.52. The fourth-order valence-electron chi connectivity index (χ4n) is 4.00. The second-order valence-corrected chi connectivity index (χ2v) is 7.11. The topological polar surface area (TPSA) is 105 Å². The molecule has 0 saturated carbocycles. The van der Waals surface area contributed by atoms with E-state index in [1.54, 1.807) is 0 Å². The van der Waals surface area contributed by atoms with E-state index in [4.69, 9.17) is 9.84 Å². The van der Waals surface area contributed by atoms with Gasteiger partial charge >= 0.3 is 12.0 Å². The first-order valence-electron chi connectivity index (χ1n) is 9.09. The first-order valence-corrected chi connectivity index (χ1v) is 9.09. The second-order valence-electron chi connectivity index (χ2n) is 7.11. The molecule has 5 rings (SSSR count). The van der Waals surface area contributed by atoms with Crippen LogP contribution in [-0.2, 0) is 10.3 Å². The lowest BCUT2D eigenvalue weighted by Crippen LogP contribution is -2.43. The summed E-state index contributed by atoms with van der Waals surface area (Å²) in [4.78, 5) is 35.6. The monoisotopic (exact) mass is 422 g/mol. The molecule has 0 aromatic heterocycles. The zero-order valence-corrected chi connectivity index (χ0v) is 15.5. The highest BCUT2D eigenvalue weighted by atomic mass is 19.1. The Morgan fingerprint density at radius 1 is 0.935 bits per heavy atom. The van der Waals surface area contributed by atoms with E-state index in [1.807, 2.05) is 0 Å². The summed E-state index contributed by atoms with van der Waals surface area (Å²) in [5.41, 5.74) is -0.518. The molecule has 9 heteroatoms. The van der Waals surface area contributed by atoms with E-state index in [9.17, 15) is 23.2 Å². The number of nitrogens with one attached hydrogen (secondary N) is 2. The Hall–Kier alpha value is -4.27. The fraction of sp³-hybridized carbons (Fsp3) is 0.0455. The Balaban J connectivity index is 1.64. The van der Waals surface area contributed by atoms with Crippen LogP contribution in [0.25, 0.3) is 11.1 Å². The summed E-state index contributed by atoms with van der Waals surface area (Å²) in [7, 11) is 0. The molecule has 1 spiro atoms. The summed E-state index contributed by atoms with van der Waals surface area (Å²) in [6.07, 6.45) is 0. The van der Waals surface area contributed by atoms with Gasteiger partial charge in [0.2, 0.25) is 0 Å². The summed E-state index contributed by atoms with van der Waals surface area (Å²) in [6.45, 7) is 0. The number of rotatable bonds is 3. The molecule has 1 atom stereocenters. The van der Waals surface area contributed by atoms with Gasteiger partial charge in [0.25, 0.3) is 5.91 Å². The van der Waals surface area contributed by atoms with Crippen LogP contribution in [0.5, 0.6) is 11.5 Å². The van der Waals surface area contributed by atoms with Crippen LogP contribution >= 0.6 is 0 Å². The third-order valence-corrected chi connectivity index (χ3v) is 5.35. The first kappa shape index (κ1) is 18.7. The number of carboxylic acid groups (broad SMARTS) is 1. The van der Waals surface area contributed by atoms with Gasteiger partial charge in [-0.05, 0) is 59.7 Å². The van der Waals surface area contributed by atoms with Crippen LogP contribution in [0.4, 0.5) is 13.6 Å². The highest BCUT2D eigenvalue weighted by Gasteiger charge is 2.55. The number of carboxylic acids is 1. The highest BCUT2D eigenvalue weighted by Crippen LogP contribution is 2.51. The molecule has 1 aliphatic carbocycles. The highest BCUT2D eigenvalue weighted by molar-refractivity contribution is 6.13. The van der Waals surface area contributed by atoms with E-state index in [0.717, 1.165) is 12.1 Å². The van der Waals surface area contributed by atoms with Gasteiger partial charge in [-0.3, -0.25) is 10.1 Å². The molecule has 1 fully saturated rings. The van der Waals surface area contributed by atoms with Crippen molar-refractivity contribution in [3.63, 3.8) is 0 Å². The summed E-state index contributed by atoms with van der Waals surface area (Å²) in [5, 5.41) is 13.6. The van der Waals surface area contributed by atoms with Crippen LogP contribution < -0.4 is 15.4 Å². The van der Waals surface area contributed by atoms with Gasteiger partial charge in [0.15, 0.2) is 17.1 Å². The van der Waals surface area contributed by atoms with Crippen molar-refractivity contribution >= 4 is 17.9 Å². The van der Waals surface area contributed by atoms with Crippen LogP contribution in [0.1, 0.15) is 21.5 Å². The molecule has 3 amide bonds. The van der Waals surface area contributed by atoms with E-state index in [-0.39, 0.29) is 28.2 Å². The van der Waals surface area contributed by atoms with E-state index in [1.165, 1.54) is 42.5 Å². The standard InChI is InChI=1S/C22H12F2N2O5/c23-11-3-6-13-14-8-18(31-12-4-1-10(2-5-12)19(27)28)17(24)9-16(14)22(15(13)7-11)20(29)25-21(30)26-22/h1-9H,(H,27,28)(H2,25,26,29,30). The molecular formula is C22H12F2N2O5. The number of carbonyl (C=O) groups is 3. The van der Waals surface area contributed by atoms with Crippen molar-refractivity contribution < 1.29 is 33.0 Å². The average molecular weight is 422 g/mol. The Kier molecular flexibility index (Phi) is 3.85. The van der Waals surface area contributed by atoms with Crippen molar-refractivity contribution in [2.75, 3.05) is 0 Å². The Bertz CT molecular complexity index is 1310. The molecule has 0 radical (unpaired) electrons. The minimum absolute atomic E-state index is 0.0441. The van der Waals surface area contributed by atoms with Gasteiger partial charge in [0.1, 0.15) is 11.6 Å². The molecule has 3 N–H and O–H groups in total. The Labute approximate surface area is 173 Å². The number of aromatic carboxylic acids is 1. The smallest absolute Gasteiger partial charge is 0.335 e. The third kappa shape index (κ3) is 2.67. The molecule has 2 aliphatic rings. The fourth-order valence-corrected chi connectivity index (χ4v) is 4.00. The van der Waals surface area contributed by atoms with Crippen LogP contribution in [-0.4, -0.2) is 23.0 Å². The number of carbonyl (C=O) groups excluding carboxylic acids is 2. The van der Waals surface area contributed by atoms with E-state index < -0.39 is 35.1 Å². The van der Waals surface area contributed by atoms with Crippen molar-refractivity contribution in [1.82, 2.24) is 10.6 Å². The van der Waals surface area contributed by atoms with Crippen molar-refractivity contribution in [1.29, 1.82) is 0 Å². The molecule has 31 heavy (non-hydrogen) atoms. The van der Waals surface area contributed by atoms with Gasteiger partial charge in [0.05, 0.1) is 5.56 Å². The number of amides is 3. The van der Waals surface area contributed by atoms with Crippen molar-refractivity contribution in [2.45, 2.75) is 5.54 Å². The number of hydrogen-bond donors (Lipinski definition) is 3. The number of benzene rings is 3. The van der Waals surface area contributed by atoms with Gasteiger partial charge in [0, 0.05) is 11.1 Å². The lowest BCUT2D eigenvalue weighted by atomic mass is 9.87. The molecule has 3 aromatic rings. The number of fused-ring (bicyclic) bond motifs is 5. The minimum Gasteiger partial charge on any atom is -0.478 e. The predicted molar refractivity (Wildman–Crippen MR) is 103 cm³/mol. The maximum absolute atomic E-state index is 15.0. The molecule has 1 heterocycles. The molecular weight excluding hydrogens is 410 g/mol. The molecule has 1 aliphatic heterocycles. The van der Waals surface area contributed by atoms with Crippen LogP contribution in [0, 0.1) is 11.6 Å². The maximum atomic E-state index is 15.0. The zero-order valence-electron chi connectivity index (χ0n) is 15.5. The molecule has 3 aromatic carbocycles. The second kappa shape index (κ2) is 6.36. The molecule has 0 bridgehead atoms. The SMILES string of the molecule is O=C1NC(=O)C2(N1)c1cc(F)ccc1-c1cc(Oc3ccc(C(=O)O)cc3)c(F)cc12. The van der Waals surface area contributed by atoms with Crippen LogP contribution in [0.2, 0.25) is 0 Å². The van der Waals surface area contributed by atoms with Crippen LogP contribution in [0.15, 0.2) is 54.6 Å². The molecule has 154 valence electrons. The number of urea groups is 1. The average Bonchev–Trinajstić information content (AvgIpc) is 3.17. The third-order valence-electron chi connectivity index (χ3n) is 5.35. The van der Waals surface area contributed by atoms with Gasteiger partial charge < -0.3 is 15.2 Å². The summed E-state index contributed by atoms with van der Waals surface area (Å²) < 4.78 is 34.5. The molecule has 7 nitrogen and oxygen atoms in total. The van der Waals surface area contributed by atoms with E-state index in [2.05, 4.69) is 10.6 Å². The summed E-state index contributed by atoms with van der Waals surface area (Å²) >= 11 is 0. The molecule has 1 unspecified atom stereocenters. The van der Waals surface area contributed by atoms with Crippen molar-refractivity contribution in [2.24, 2.45) is 0 Å². The van der Waals surface area contributed by atoms with Crippen LogP contribution in [0.3, 0.4) is 0 Å². The zero-order chi connectivity index (χ0) is 21.9. The van der Waals surface area contributed by atoms with Crippen molar-refractivity contribution in [3.8, 4) is 22.6 Å². The largest absolute Gasteiger partial charge is 0.478 e. The normalized spacial score (nSPS) is 18.4. The lowest BCUT2D eigenvalue weighted by Gasteiger charge is -2.23. The quantitative estimate of drug-likeness (QED) is 0.561. The van der Waals surface area contributed by atoms with Gasteiger partial charge in [-0.15, -0.1) is 0 Å². The minimum atomic E-state index is -1.74. The number of hydrogen-bond acceptors (Lipinski definition) is 4. The molecule has 1 saturated heterocycles. The van der Waals surface area contributed by atoms with Gasteiger partial charge in [-0.1, -0.05) is 6.07 Å². The van der Waals surface area contributed by atoms with E-state index in [0.29, 0.717) is 11.1 Å².